The zero-order chi connectivity index (χ0) is 11.7. The van der Waals surface area contributed by atoms with Gasteiger partial charge in [0.2, 0.25) is 11.6 Å². The molecule has 0 amide bonds. The summed E-state index contributed by atoms with van der Waals surface area (Å²) in [6, 6.07) is 0. The number of hydrogen-bond donors (Lipinski definition) is 0. The van der Waals surface area contributed by atoms with E-state index < -0.39 is 5.41 Å². The van der Waals surface area contributed by atoms with Crippen molar-refractivity contribution in [3.63, 3.8) is 0 Å². The number of carbonyl (C=O) groups excluding carboxylic acids is 2. The van der Waals surface area contributed by atoms with Crippen LogP contribution in [0.5, 0.6) is 0 Å². The van der Waals surface area contributed by atoms with Crippen molar-refractivity contribution in [3.05, 3.63) is 24.3 Å². The zero-order valence-electron chi connectivity index (χ0n) is 9.86. The Balaban J connectivity index is 2.25. The molecule has 0 aliphatic heterocycles. The van der Waals surface area contributed by atoms with Crippen molar-refractivity contribution in [2.75, 3.05) is 0 Å². The summed E-state index contributed by atoms with van der Waals surface area (Å²) in [5.74, 6) is -0.00465. The fraction of sp³-hybridized carbons (Fsp3) is 0.571. The summed E-state index contributed by atoms with van der Waals surface area (Å²) in [5.41, 5.74) is -0.784. The Bertz CT molecular complexity index is 450. The Kier molecular flexibility index (Phi) is 1.60. The van der Waals surface area contributed by atoms with Crippen molar-refractivity contribution < 1.29 is 9.59 Å². The molecule has 4 aliphatic carbocycles. The molecule has 84 valence electrons. The molecule has 4 aliphatic rings. The van der Waals surface area contributed by atoms with Crippen molar-refractivity contribution in [2.24, 2.45) is 28.6 Å². The molecule has 4 unspecified atom stereocenters. The van der Waals surface area contributed by atoms with Gasteiger partial charge in [0, 0.05) is 5.92 Å². The van der Waals surface area contributed by atoms with E-state index in [1.165, 1.54) is 0 Å². The van der Waals surface area contributed by atoms with Gasteiger partial charge < -0.3 is 0 Å². The van der Waals surface area contributed by atoms with Gasteiger partial charge in [-0.15, -0.1) is 0 Å². The first-order valence-corrected chi connectivity index (χ1v) is 5.86. The van der Waals surface area contributed by atoms with Gasteiger partial charge in [0.15, 0.2) is 0 Å². The Morgan fingerprint density at radius 1 is 1.12 bits per heavy atom. The van der Waals surface area contributed by atoms with Crippen molar-refractivity contribution >= 4 is 11.6 Å². The van der Waals surface area contributed by atoms with Crippen molar-refractivity contribution in [2.45, 2.75) is 20.8 Å². The van der Waals surface area contributed by atoms with E-state index in [0.29, 0.717) is 0 Å². The predicted octanol–water partition coefficient (Wildman–Crippen LogP) is 2.16. The second kappa shape index (κ2) is 2.55. The van der Waals surface area contributed by atoms with Crippen molar-refractivity contribution in [1.29, 1.82) is 0 Å². The largest absolute Gasteiger partial charge is 0.290 e. The second-order valence-electron chi connectivity index (χ2n) is 6.19. The minimum absolute atomic E-state index is 0.168. The van der Waals surface area contributed by atoms with Crippen LogP contribution < -0.4 is 0 Å². The SMILES string of the molecule is CC(C)(C)C12C=CC(C(=O)C1=O)C1C=CC12. The van der Waals surface area contributed by atoms with E-state index in [1.807, 2.05) is 12.2 Å². The molecule has 2 nitrogen and oxygen atoms in total. The van der Waals surface area contributed by atoms with E-state index in [2.05, 4.69) is 32.9 Å². The second-order valence-corrected chi connectivity index (χ2v) is 6.19. The van der Waals surface area contributed by atoms with Crippen LogP contribution in [0.4, 0.5) is 0 Å². The third-order valence-corrected chi connectivity index (χ3v) is 4.61. The van der Waals surface area contributed by atoms with Gasteiger partial charge >= 0.3 is 0 Å². The smallest absolute Gasteiger partial charge is 0.210 e. The average molecular weight is 216 g/mol. The van der Waals surface area contributed by atoms with Crippen LogP contribution in [-0.2, 0) is 9.59 Å². The number of carbonyl (C=O) groups is 2. The number of hydrogen-bond acceptors (Lipinski definition) is 2. The molecule has 2 bridgehead atoms. The number of allylic oxidation sites excluding steroid dienone is 4. The molecule has 16 heavy (non-hydrogen) atoms. The maximum absolute atomic E-state index is 12.3. The lowest BCUT2D eigenvalue weighted by Crippen LogP contribution is -2.63. The average Bonchev–Trinajstić information content (AvgIpc) is 2.12. The van der Waals surface area contributed by atoms with Crippen LogP contribution in [0, 0.1) is 28.6 Å². The van der Waals surface area contributed by atoms with Crippen LogP contribution in [-0.4, -0.2) is 11.6 Å². The first kappa shape index (κ1) is 10.0. The molecule has 0 saturated heterocycles. The van der Waals surface area contributed by atoms with Gasteiger partial charge in [0.1, 0.15) is 0 Å². The standard InChI is InChI=1S/C14H16O2/c1-13(2,3)14-7-6-9(11(15)12(14)16)8-4-5-10(8)14/h4-10H,1-3H3. The first-order valence-electron chi connectivity index (χ1n) is 5.86. The van der Waals surface area contributed by atoms with Crippen molar-refractivity contribution in [1.82, 2.24) is 0 Å². The molecule has 0 aromatic rings. The molecular weight excluding hydrogens is 200 g/mol. The first-order chi connectivity index (χ1) is 7.39. The van der Waals surface area contributed by atoms with E-state index >= 15 is 0 Å². The summed E-state index contributed by atoms with van der Waals surface area (Å²) in [6.45, 7) is 6.16. The van der Waals surface area contributed by atoms with Gasteiger partial charge in [-0.1, -0.05) is 45.1 Å². The van der Waals surface area contributed by atoms with E-state index in [9.17, 15) is 9.59 Å². The lowest BCUT2D eigenvalue weighted by molar-refractivity contribution is -0.157. The highest BCUT2D eigenvalue weighted by atomic mass is 16.2. The monoisotopic (exact) mass is 216 g/mol. The Hall–Kier alpha value is -1.18. The summed E-state index contributed by atoms with van der Waals surface area (Å²) in [5, 5.41) is 0. The summed E-state index contributed by atoms with van der Waals surface area (Å²) in [4.78, 5) is 24.3. The van der Waals surface area contributed by atoms with Crippen LogP contribution in [0.3, 0.4) is 0 Å². The molecule has 4 rings (SSSR count). The lowest BCUT2D eigenvalue weighted by atomic mass is 9.43. The maximum Gasteiger partial charge on any atom is 0.210 e. The molecule has 4 atom stereocenters. The number of ketones is 2. The Morgan fingerprint density at radius 3 is 2.31 bits per heavy atom. The fourth-order valence-corrected chi connectivity index (χ4v) is 3.58. The van der Waals surface area contributed by atoms with E-state index in [4.69, 9.17) is 0 Å². The molecule has 0 N–H and O–H groups in total. The third kappa shape index (κ3) is 0.817. The van der Waals surface area contributed by atoms with Gasteiger partial charge in [0.25, 0.3) is 0 Å². The molecule has 2 heteroatoms. The van der Waals surface area contributed by atoms with Gasteiger partial charge in [0.05, 0.1) is 11.3 Å². The molecule has 0 aromatic carbocycles. The van der Waals surface area contributed by atoms with Crippen LogP contribution >= 0.6 is 0 Å². The number of rotatable bonds is 0. The minimum atomic E-state index is -0.585. The minimum Gasteiger partial charge on any atom is -0.290 e. The Morgan fingerprint density at radius 2 is 1.81 bits per heavy atom. The number of fused-ring (bicyclic) bond motifs is 1. The van der Waals surface area contributed by atoms with Gasteiger partial charge in [-0.05, 0) is 11.3 Å². The molecule has 0 spiro atoms. The van der Waals surface area contributed by atoms with Crippen LogP contribution in [0.15, 0.2) is 24.3 Å². The van der Waals surface area contributed by atoms with Crippen LogP contribution in [0.1, 0.15) is 20.8 Å². The molecular formula is C14H16O2. The van der Waals surface area contributed by atoms with Crippen molar-refractivity contribution in [3.8, 4) is 0 Å². The molecule has 0 aromatic heterocycles. The van der Waals surface area contributed by atoms with Gasteiger partial charge in [-0.2, -0.15) is 0 Å². The maximum atomic E-state index is 12.3. The zero-order valence-corrected chi connectivity index (χ0v) is 9.86. The normalized spacial score (nSPS) is 44.6. The quantitative estimate of drug-likeness (QED) is 0.459. The van der Waals surface area contributed by atoms with Gasteiger partial charge in [-0.25, -0.2) is 0 Å². The Labute approximate surface area is 95.4 Å². The van der Waals surface area contributed by atoms with E-state index in [0.717, 1.165) is 0 Å². The lowest BCUT2D eigenvalue weighted by Gasteiger charge is -2.58. The summed E-state index contributed by atoms with van der Waals surface area (Å²) < 4.78 is 0. The van der Waals surface area contributed by atoms with E-state index in [1.54, 1.807) is 0 Å². The van der Waals surface area contributed by atoms with E-state index in [-0.39, 0.29) is 34.7 Å². The molecule has 1 fully saturated rings. The topological polar surface area (TPSA) is 34.1 Å². The molecule has 0 heterocycles. The number of Topliss-reactive ketones (excluding diaryl/α,β-unsaturated/α-hetero) is 2. The van der Waals surface area contributed by atoms with Crippen LogP contribution in [0.2, 0.25) is 0 Å². The highest BCUT2D eigenvalue weighted by molar-refractivity contribution is 6.42. The highest BCUT2D eigenvalue weighted by Gasteiger charge is 2.65. The summed E-state index contributed by atoms with van der Waals surface area (Å²) in [7, 11) is 0. The molecule has 0 radical (unpaired) electrons. The molecule has 1 saturated carbocycles. The predicted molar refractivity (Wildman–Crippen MR) is 60.7 cm³/mol. The fourth-order valence-electron chi connectivity index (χ4n) is 3.58. The summed E-state index contributed by atoms with van der Waals surface area (Å²) >= 11 is 0. The highest BCUT2D eigenvalue weighted by Crippen LogP contribution is 2.61. The van der Waals surface area contributed by atoms with Crippen LogP contribution in [0.25, 0.3) is 0 Å². The summed E-state index contributed by atoms with van der Waals surface area (Å²) in [6.07, 6.45) is 8.16. The third-order valence-electron chi connectivity index (χ3n) is 4.61. The van der Waals surface area contributed by atoms with Gasteiger partial charge in [-0.3, -0.25) is 9.59 Å².